The van der Waals surface area contributed by atoms with E-state index in [9.17, 15) is 14.7 Å². The second-order valence-corrected chi connectivity index (χ2v) is 7.62. The summed E-state index contributed by atoms with van der Waals surface area (Å²) in [5, 5.41) is 12.4. The third kappa shape index (κ3) is 5.57. The van der Waals surface area contributed by atoms with E-state index in [1.165, 1.54) is 0 Å². The van der Waals surface area contributed by atoms with E-state index in [1.807, 2.05) is 20.8 Å². The molecule has 0 aliphatic rings. The zero-order chi connectivity index (χ0) is 19.3. The van der Waals surface area contributed by atoms with Crippen LogP contribution in [0.15, 0.2) is 18.5 Å². The van der Waals surface area contributed by atoms with Crippen LogP contribution in [0.25, 0.3) is 10.8 Å². The van der Waals surface area contributed by atoms with Gasteiger partial charge in [0.05, 0.1) is 11.3 Å². The molecule has 0 spiro atoms. The number of hydrogen-bond donors (Lipinski definition) is 2. The highest BCUT2D eigenvalue weighted by Gasteiger charge is 2.24. The fourth-order valence-corrected chi connectivity index (χ4v) is 2.99. The van der Waals surface area contributed by atoms with Gasteiger partial charge in [0.2, 0.25) is 0 Å². The number of ether oxygens (including phenoxy) is 1. The zero-order valence-corrected chi connectivity index (χ0v) is 16.0. The Morgan fingerprint density at radius 2 is 1.96 bits per heavy atom. The molecule has 140 valence electrons. The number of hydrogen-bond acceptors (Lipinski definition) is 7. The number of carbonyl (C=O) groups excluding carboxylic acids is 1. The maximum absolute atomic E-state index is 12.5. The fraction of sp³-hybridized carbons (Fsp3) is 0.471. The van der Waals surface area contributed by atoms with Gasteiger partial charge in [-0.1, -0.05) is 0 Å². The monoisotopic (exact) mass is 378 g/mol. The number of thiazole rings is 1. The lowest BCUT2D eigenvalue weighted by Crippen LogP contribution is -2.42. The molecule has 2 heterocycles. The van der Waals surface area contributed by atoms with Gasteiger partial charge in [-0.05, 0) is 33.8 Å². The molecule has 8 nitrogen and oxygen atoms in total. The van der Waals surface area contributed by atoms with Gasteiger partial charge >= 0.3 is 5.97 Å². The lowest BCUT2D eigenvalue weighted by Gasteiger charge is -2.21. The summed E-state index contributed by atoms with van der Waals surface area (Å²) in [7, 11) is 0. The summed E-state index contributed by atoms with van der Waals surface area (Å²) in [6.45, 7) is 7.57. The molecule has 0 saturated heterocycles. The molecule has 1 unspecified atom stereocenters. The lowest BCUT2D eigenvalue weighted by atomic mass is 10.1. The first-order valence-corrected chi connectivity index (χ1v) is 8.91. The molecule has 2 N–H and O–H groups in total. The number of carboxylic acids is 1. The molecule has 1 amide bonds. The van der Waals surface area contributed by atoms with Crippen LogP contribution in [0.4, 0.5) is 0 Å². The second kappa shape index (κ2) is 8.33. The molecule has 0 bridgehead atoms. The van der Waals surface area contributed by atoms with E-state index in [0.717, 1.165) is 11.3 Å². The van der Waals surface area contributed by atoms with Crippen molar-refractivity contribution in [3.05, 3.63) is 29.0 Å². The summed E-state index contributed by atoms with van der Waals surface area (Å²) in [6, 6.07) is 0.650. The first-order valence-electron chi connectivity index (χ1n) is 8.10. The van der Waals surface area contributed by atoms with Crippen LogP contribution in [0, 0.1) is 6.92 Å². The quantitative estimate of drug-likeness (QED) is 0.759. The first-order chi connectivity index (χ1) is 12.2. The van der Waals surface area contributed by atoms with Crippen molar-refractivity contribution in [3.63, 3.8) is 0 Å². The van der Waals surface area contributed by atoms with Gasteiger partial charge in [-0.3, -0.25) is 4.79 Å². The van der Waals surface area contributed by atoms with Crippen molar-refractivity contribution in [1.82, 2.24) is 20.3 Å². The van der Waals surface area contributed by atoms with Gasteiger partial charge in [0.1, 0.15) is 10.9 Å². The molecule has 26 heavy (non-hydrogen) atoms. The lowest BCUT2D eigenvalue weighted by molar-refractivity contribution is -0.140. The summed E-state index contributed by atoms with van der Waals surface area (Å²) >= 11 is 1.13. The molecular formula is C17H22N4O4S. The molecule has 0 radical (unpaired) electrons. The Morgan fingerprint density at radius 1 is 1.31 bits per heavy atom. The van der Waals surface area contributed by atoms with Gasteiger partial charge in [-0.2, -0.15) is 0 Å². The van der Waals surface area contributed by atoms with Crippen LogP contribution >= 0.6 is 11.3 Å². The van der Waals surface area contributed by atoms with Gasteiger partial charge in [0, 0.05) is 25.4 Å². The molecule has 0 saturated carbocycles. The van der Waals surface area contributed by atoms with Crippen molar-refractivity contribution in [2.45, 2.75) is 45.8 Å². The molecule has 0 aliphatic heterocycles. The van der Waals surface area contributed by atoms with Crippen LogP contribution in [-0.2, 0) is 9.53 Å². The van der Waals surface area contributed by atoms with Crippen LogP contribution in [0.2, 0.25) is 0 Å². The number of aliphatic carboxylic acids is 1. The Balaban J connectivity index is 2.07. The van der Waals surface area contributed by atoms with Crippen LogP contribution in [0.5, 0.6) is 0 Å². The molecule has 2 aromatic heterocycles. The number of carboxylic acid groups (broad SMARTS) is 1. The van der Waals surface area contributed by atoms with E-state index in [2.05, 4.69) is 20.3 Å². The fourth-order valence-electron chi connectivity index (χ4n) is 2.08. The maximum atomic E-state index is 12.5. The standard InChI is InChI=1S/C17H22N4O4S/c1-10-12(26-15(20-10)13-18-7-5-8-19-13)14(22)21-11(16(23)24)6-9-25-17(2,3)4/h5,7-8,11H,6,9H2,1-4H3,(H,21,22)(H,23,24). The van der Waals surface area contributed by atoms with E-state index in [4.69, 9.17) is 4.74 Å². The van der Waals surface area contributed by atoms with E-state index < -0.39 is 17.9 Å². The predicted molar refractivity (Wildman–Crippen MR) is 97.1 cm³/mol. The number of amides is 1. The van der Waals surface area contributed by atoms with Crippen molar-refractivity contribution < 1.29 is 19.4 Å². The summed E-state index contributed by atoms with van der Waals surface area (Å²) in [6.07, 6.45) is 3.35. The predicted octanol–water partition coefficient (Wildman–Crippen LogP) is 2.30. The average molecular weight is 378 g/mol. The largest absolute Gasteiger partial charge is 0.480 e. The number of aromatic nitrogens is 3. The Morgan fingerprint density at radius 3 is 2.54 bits per heavy atom. The van der Waals surface area contributed by atoms with E-state index >= 15 is 0 Å². The Labute approximate surface area is 155 Å². The molecule has 0 aliphatic carbocycles. The first kappa shape index (κ1) is 19.9. The van der Waals surface area contributed by atoms with Gasteiger partial charge in [-0.15, -0.1) is 11.3 Å². The van der Waals surface area contributed by atoms with Crippen molar-refractivity contribution in [2.75, 3.05) is 6.61 Å². The number of aryl methyl sites for hydroxylation is 1. The maximum Gasteiger partial charge on any atom is 0.326 e. The molecule has 0 aromatic carbocycles. The Hall–Kier alpha value is -2.39. The zero-order valence-electron chi connectivity index (χ0n) is 15.1. The van der Waals surface area contributed by atoms with Gasteiger partial charge < -0.3 is 15.2 Å². The van der Waals surface area contributed by atoms with Gasteiger partial charge in [-0.25, -0.2) is 19.7 Å². The Kier molecular flexibility index (Phi) is 6.38. The summed E-state index contributed by atoms with van der Waals surface area (Å²) in [4.78, 5) is 36.8. The normalized spacial score (nSPS) is 12.6. The minimum absolute atomic E-state index is 0.171. The topological polar surface area (TPSA) is 114 Å². The number of nitrogens with zero attached hydrogens (tertiary/aromatic N) is 3. The van der Waals surface area contributed by atoms with Crippen LogP contribution in [0.3, 0.4) is 0 Å². The molecular weight excluding hydrogens is 356 g/mol. The van der Waals surface area contributed by atoms with Crippen molar-refractivity contribution in [1.29, 1.82) is 0 Å². The van der Waals surface area contributed by atoms with E-state index in [1.54, 1.807) is 25.4 Å². The second-order valence-electron chi connectivity index (χ2n) is 6.62. The minimum atomic E-state index is -1.11. The highest BCUT2D eigenvalue weighted by molar-refractivity contribution is 7.17. The molecule has 2 aromatic rings. The number of carbonyl (C=O) groups is 2. The van der Waals surface area contributed by atoms with Crippen molar-refractivity contribution in [2.24, 2.45) is 0 Å². The molecule has 1 atom stereocenters. The average Bonchev–Trinajstić information content (AvgIpc) is 2.95. The molecule has 9 heteroatoms. The SMILES string of the molecule is Cc1nc(-c2ncccn2)sc1C(=O)NC(CCOC(C)(C)C)C(=O)O. The third-order valence-corrected chi connectivity index (χ3v) is 4.46. The highest BCUT2D eigenvalue weighted by Crippen LogP contribution is 2.25. The van der Waals surface area contributed by atoms with Gasteiger partial charge in [0.15, 0.2) is 10.8 Å². The Bertz CT molecular complexity index is 771. The van der Waals surface area contributed by atoms with Crippen LogP contribution in [-0.4, -0.2) is 50.2 Å². The van der Waals surface area contributed by atoms with Crippen LogP contribution in [0.1, 0.15) is 42.6 Å². The smallest absolute Gasteiger partial charge is 0.326 e. The number of rotatable bonds is 7. The summed E-state index contributed by atoms with van der Waals surface area (Å²) < 4.78 is 5.54. The van der Waals surface area contributed by atoms with E-state index in [-0.39, 0.29) is 18.6 Å². The third-order valence-electron chi connectivity index (χ3n) is 3.30. The van der Waals surface area contributed by atoms with Crippen molar-refractivity contribution in [3.8, 4) is 10.8 Å². The molecule has 0 fully saturated rings. The van der Waals surface area contributed by atoms with Gasteiger partial charge in [0.25, 0.3) is 5.91 Å². The minimum Gasteiger partial charge on any atom is -0.480 e. The molecule has 2 rings (SSSR count). The van der Waals surface area contributed by atoms with Crippen LogP contribution < -0.4 is 5.32 Å². The summed E-state index contributed by atoms with van der Waals surface area (Å²) in [5.41, 5.74) is 0.136. The van der Waals surface area contributed by atoms with E-state index in [0.29, 0.717) is 21.4 Å². The summed E-state index contributed by atoms with van der Waals surface area (Å²) in [5.74, 6) is -1.16. The van der Waals surface area contributed by atoms with Crippen molar-refractivity contribution >= 4 is 23.2 Å². The number of nitrogens with one attached hydrogen (secondary N) is 1. The highest BCUT2D eigenvalue weighted by atomic mass is 32.1.